The van der Waals surface area contributed by atoms with Crippen LogP contribution < -0.4 is 9.64 Å². The van der Waals surface area contributed by atoms with Gasteiger partial charge in [-0.1, -0.05) is 36.4 Å². The number of nitrogens with one attached hydrogen (secondary N) is 1. The van der Waals surface area contributed by atoms with E-state index in [0.717, 1.165) is 0 Å². The lowest BCUT2D eigenvalue weighted by atomic mass is 9.95. The van der Waals surface area contributed by atoms with E-state index >= 15 is 0 Å². The zero-order valence-electron chi connectivity index (χ0n) is 18.9. The predicted molar refractivity (Wildman–Crippen MR) is 129 cm³/mol. The van der Waals surface area contributed by atoms with Crippen LogP contribution in [0.25, 0.3) is 22.0 Å². The van der Waals surface area contributed by atoms with Gasteiger partial charge in [0.1, 0.15) is 5.82 Å². The molecule has 0 saturated carbocycles. The monoisotopic (exact) mass is 483 g/mol. The van der Waals surface area contributed by atoms with Gasteiger partial charge in [0.25, 0.3) is 5.91 Å². The first-order valence-corrected chi connectivity index (χ1v) is 11.0. The molecule has 0 bridgehead atoms. The van der Waals surface area contributed by atoms with Crippen LogP contribution in [0.2, 0.25) is 0 Å². The number of hydrogen-bond acceptors (Lipinski definition) is 6. The highest BCUT2D eigenvalue weighted by Gasteiger charge is 2.46. The second kappa shape index (κ2) is 8.09. The summed E-state index contributed by atoms with van der Waals surface area (Å²) in [4.78, 5) is 35.8. The molecule has 3 heterocycles. The van der Waals surface area contributed by atoms with Crippen molar-refractivity contribution in [2.24, 2.45) is 0 Å². The number of furan rings is 1. The number of Topliss-reactive ketones (excluding diaryl/α,β-unsaturated/α-hetero) is 1. The van der Waals surface area contributed by atoms with E-state index in [1.54, 1.807) is 36.4 Å². The summed E-state index contributed by atoms with van der Waals surface area (Å²) in [5.74, 6) is -2.23. The highest BCUT2D eigenvalue weighted by molar-refractivity contribution is 6.20. The van der Waals surface area contributed by atoms with E-state index in [-0.39, 0.29) is 17.3 Å². The van der Waals surface area contributed by atoms with Crippen LogP contribution in [-0.2, 0) is 4.79 Å². The molecule has 1 atom stereocenters. The van der Waals surface area contributed by atoms with Gasteiger partial charge in [0, 0.05) is 5.39 Å². The molecule has 1 amide bonds. The van der Waals surface area contributed by atoms with E-state index in [2.05, 4.69) is 9.97 Å². The molecule has 1 aliphatic heterocycles. The van der Waals surface area contributed by atoms with Crippen molar-refractivity contribution in [3.05, 3.63) is 101 Å². The molecule has 0 aliphatic carbocycles. The normalized spacial score (nSPS) is 15.9. The topological polar surface area (TPSA) is 109 Å². The van der Waals surface area contributed by atoms with Gasteiger partial charge in [0.2, 0.25) is 11.7 Å². The van der Waals surface area contributed by atoms with Gasteiger partial charge in [0.05, 0.1) is 29.8 Å². The number of anilines is 1. The van der Waals surface area contributed by atoms with Gasteiger partial charge in [0.15, 0.2) is 22.9 Å². The molecular weight excluding hydrogens is 465 g/mol. The van der Waals surface area contributed by atoms with Crippen molar-refractivity contribution >= 4 is 39.6 Å². The zero-order valence-corrected chi connectivity index (χ0v) is 18.9. The third-order valence-electron chi connectivity index (χ3n) is 6.20. The number of fused-ring (bicyclic) bond motifs is 2. The maximum absolute atomic E-state index is 13.7. The van der Waals surface area contributed by atoms with Crippen molar-refractivity contribution in [1.82, 2.24) is 9.97 Å². The van der Waals surface area contributed by atoms with Gasteiger partial charge >= 0.3 is 0 Å². The minimum atomic E-state index is -1.08. The summed E-state index contributed by atoms with van der Waals surface area (Å²) in [6.45, 7) is 0. The average molecular weight is 483 g/mol. The van der Waals surface area contributed by atoms with Gasteiger partial charge in [-0.05, 0) is 42.0 Å². The molecular formula is C27H18FN3O5. The lowest BCUT2D eigenvalue weighted by Crippen LogP contribution is -2.32. The van der Waals surface area contributed by atoms with Crippen LogP contribution in [0.5, 0.6) is 5.75 Å². The number of para-hydroxylation sites is 3. The summed E-state index contributed by atoms with van der Waals surface area (Å²) in [6.07, 6.45) is 0. The Morgan fingerprint density at radius 3 is 2.64 bits per heavy atom. The number of imidazole rings is 1. The number of aliphatic hydroxyl groups excluding tert-OH is 1. The summed E-state index contributed by atoms with van der Waals surface area (Å²) in [5, 5.41) is 11.6. The Bertz CT molecular complexity index is 1670. The van der Waals surface area contributed by atoms with Gasteiger partial charge in [-0.15, -0.1) is 0 Å². The fourth-order valence-corrected chi connectivity index (χ4v) is 4.51. The van der Waals surface area contributed by atoms with Crippen molar-refractivity contribution in [2.75, 3.05) is 12.0 Å². The minimum Gasteiger partial charge on any atom is -0.503 e. The molecule has 8 nitrogen and oxygen atoms in total. The van der Waals surface area contributed by atoms with Gasteiger partial charge in [-0.2, -0.15) is 0 Å². The van der Waals surface area contributed by atoms with E-state index in [1.165, 1.54) is 42.3 Å². The molecule has 5 aromatic rings. The first-order chi connectivity index (χ1) is 17.5. The van der Waals surface area contributed by atoms with Crippen LogP contribution >= 0.6 is 0 Å². The Morgan fingerprint density at radius 2 is 1.89 bits per heavy atom. The second-order valence-electron chi connectivity index (χ2n) is 8.29. The number of nitrogens with zero attached hydrogens (tertiary/aromatic N) is 2. The SMILES string of the molecule is COc1cccc2cc(C(=O)C3=C(O)C(=O)N(c4nc5ccccc5[nH]4)C3c3ccc(F)cc3)oc12. The molecule has 0 fully saturated rings. The molecule has 2 N–H and O–H groups in total. The van der Waals surface area contributed by atoms with Crippen LogP contribution in [0, 0.1) is 5.82 Å². The number of aliphatic hydroxyl groups is 1. The van der Waals surface area contributed by atoms with Crippen LogP contribution in [0.3, 0.4) is 0 Å². The number of aromatic amines is 1. The summed E-state index contributed by atoms with van der Waals surface area (Å²) in [6, 6.07) is 18.2. The fourth-order valence-electron chi connectivity index (χ4n) is 4.51. The number of halogens is 1. The van der Waals surface area contributed by atoms with E-state index in [0.29, 0.717) is 33.3 Å². The first kappa shape index (κ1) is 21.6. The Morgan fingerprint density at radius 1 is 1.11 bits per heavy atom. The van der Waals surface area contributed by atoms with Gasteiger partial charge < -0.3 is 19.2 Å². The van der Waals surface area contributed by atoms with Crippen molar-refractivity contribution in [3.8, 4) is 5.75 Å². The number of methoxy groups -OCH3 is 1. The molecule has 1 aliphatic rings. The molecule has 6 rings (SSSR count). The number of aromatic nitrogens is 2. The molecule has 178 valence electrons. The quantitative estimate of drug-likeness (QED) is 0.331. The number of carbonyl (C=O) groups is 2. The highest BCUT2D eigenvalue weighted by atomic mass is 19.1. The lowest BCUT2D eigenvalue weighted by Gasteiger charge is -2.24. The summed E-state index contributed by atoms with van der Waals surface area (Å²) in [5.41, 5.74) is 1.83. The largest absolute Gasteiger partial charge is 0.503 e. The van der Waals surface area contributed by atoms with Crippen LogP contribution in [0.4, 0.5) is 10.3 Å². The third kappa shape index (κ3) is 3.24. The number of hydrogen-bond donors (Lipinski definition) is 2. The molecule has 9 heteroatoms. The molecule has 36 heavy (non-hydrogen) atoms. The maximum Gasteiger partial charge on any atom is 0.296 e. The predicted octanol–water partition coefficient (Wildman–Crippen LogP) is 5.24. The molecule has 0 radical (unpaired) electrons. The van der Waals surface area contributed by atoms with Gasteiger partial charge in [-0.3, -0.25) is 14.5 Å². The number of carbonyl (C=O) groups excluding carboxylic acids is 2. The Labute approximate surface area is 203 Å². The Hall–Kier alpha value is -4.92. The molecule has 3 aromatic carbocycles. The Balaban J connectivity index is 1.51. The second-order valence-corrected chi connectivity index (χ2v) is 8.29. The molecule has 1 unspecified atom stereocenters. The van der Waals surface area contributed by atoms with Gasteiger partial charge in [-0.25, -0.2) is 9.37 Å². The van der Waals surface area contributed by atoms with E-state index < -0.39 is 29.3 Å². The minimum absolute atomic E-state index is 0.0811. The van der Waals surface area contributed by atoms with E-state index in [4.69, 9.17) is 9.15 Å². The van der Waals surface area contributed by atoms with Crippen molar-refractivity contribution in [2.45, 2.75) is 6.04 Å². The summed E-state index contributed by atoms with van der Waals surface area (Å²) < 4.78 is 24.9. The number of benzene rings is 3. The van der Waals surface area contributed by atoms with Crippen LogP contribution in [-0.4, -0.2) is 33.9 Å². The lowest BCUT2D eigenvalue weighted by molar-refractivity contribution is -0.117. The van der Waals surface area contributed by atoms with E-state index in [1.807, 2.05) is 6.07 Å². The molecule has 0 saturated heterocycles. The van der Waals surface area contributed by atoms with E-state index in [9.17, 15) is 19.1 Å². The maximum atomic E-state index is 13.7. The van der Waals surface area contributed by atoms with Crippen LogP contribution in [0.1, 0.15) is 22.2 Å². The molecule has 2 aromatic heterocycles. The van der Waals surface area contributed by atoms with Crippen molar-refractivity contribution in [1.29, 1.82) is 0 Å². The summed E-state index contributed by atoms with van der Waals surface area (Å²) >= 11 is 0. The standard InChI is InChI=1S/C27H18FN3O5/c1-35-19-8-4-5-15-13-20(36-25(15)19)23(32)21-22(14-9-11-16(28)12-10-14)31(26(34)24(21)33)27-29-17-6-2-3-7-18(17)30-27/h2-13,22,33H,1H3,(H,29,30). The zero-order chi connectivity index (χ0) is 25.0. The smallest absolute Gasteiger partial charge is 0.296 e. The van der Waals surface area contributed by atoms with Crippen molar-refractivity contribution < 1.29 is 28.2 Å². The number of H-pyrrole nitrogens is 1. The highest BCUT2D eigenvalue weighted by Crippen LogP contribution is 2.42. The average Bonchev–Trinajstić information content (AvgIpc) is 3.58. The van der Waals surface area contributed by atoms with Crippen molar-refractivity contribution in [3.63, 3.8) is 0 Å². The number of ketones is 1. The third-order valence-corrected chi connectivity index (χ3v) is 6.20. The fraction of sp³-hybridized carbons (Fsp3) is 0.0741. The number of ether oxygens (including phenoxy) is 1. The summed E-state index contributed by atoms with van der Waals surface area (Å²) in [7, 11) is 1.48. The Kier molecular flexibility index (Phi) is 4.85. The van der Waals surface area contributed by atoms with Crippen LogP contribution in [0.15, 0.2) is 88.5 Å². The molecule has 0 spiro atoms. The number of rotatable bonds is 5. The number of amides is 1. The first-order valence-electron chi connectivity index (χ1n) is 11.0.